The molecular formula is C28H28F4N8O2S. The van der Waals surface area contributed by atoms with Crippen LogP contribution in [0.2, 0.25) is 0 Å². The number of nitrogens with zero attached hydrogens (tertiary/aromatic N) is 8. The SMILES string of the molecule is COc1ncnc(C2CC2)c1-c1ncc2c(OC)nn([C@@H](C)c3ccc(-c4nc(C(F)(F)F)cn4CCF)cc3)c2n1.S. The van der Waals surface area contributed by atoms with Gasteiger partial charge in [0.05, 0.1) is 32.5 Å². The second kappa shape index (κ2) is 11.8. The Labute approximate surface area is 250 Å². The summed E-state index contributed by atoms with van der Waals surface area (Å²) in [5.74, 6) is 1.45. The number of aryl methyl sites for hydroxylation is 1. The molecule has 0 N–H and O–H groups in total. The number of benzene rings is 1. The zero-order valence-electron chi connectivity index (χ0n) is 23.4. The summed E-state index contributed by atoms with van der Waals surface area (Å²) in [7, 11) is 3.04. The largest absolute Gasteiger partial charge is 0.480 e. The van der Waals surface area contributed by atoms with Gasteiger partial charge in [0.2, 0.25) is 11.8 Å². The fourth-order valence-corrected chi connectivity index (χ4v) is 4.95. The molecule has 1 aliphatic rings. The van der Waals surface area contributed by atoms with Gasteiger partial charge in [-0.2, -0.15) is 26.7 Å². The van der Waals surface area contributed by atoms with Gasteiger partial charge in [-0.05, 0) is 25.3 Å². The van der Waals surface area contributed by atoms with Crippen molar-refractivity contribution in [3.8, 4) is 34.5 Å². The summed E-state index contributed by atoms with van der Waals surface area (Å²) < 4.78 is 66.8. The van der Waals surface area contributed by atoms with Crippen LogP contribution in [-0.2, 0) is 12.7 Å². The van der Waals surface area contributed by atoms with Crippen LogP contribution in [-0.4, -0.2) is 60.2 Å². The fraction of sp³-hybridized carbons (Fsp3) is 0.357. The van der Waals surface area contributed by atoms with Crippen molar-refractivity contribution in [3.05, 3.63) is 59.9 Å². The van der Waals surface area contributed by atoms with E-state index in [0.717, 1.165) is 30.3 Å². The number of ether oxygens (including phenoxy) is 2. The van der Waals surface area contributed by atoms with Gasteiger partial charge in [-0.1, -0.05) is 24.3 Å². The molecule has 43 heavy (non-hydrogen) atoms. The van der Waals surface area contributed by atoms with Gasteiger partial charge in [-0.25, -0.2) is 34.0 Å². The number of alkyl halides is 4. The van der Waals surface area contributed by atoms with E-state index < -0.39 is 18.5 Å². The maximum absolute atomic E-state index is 13.3. The molecule has 0 unspecified atom stereocenters. The highest BCUT2D eigenvalue weighted by molar-refractivity contribution is 7.59. The standard InChI is InChI=1S/C28H26F4N8O2.H2S/c1-15(16-4-8-18(9-5-16)24-36-20(28(30,31)32)13-39(24)11-10-29)40-25-19(26(38-40)41-2)12-33-23(37-25)21-22(17-6-7-17)34-14-35-27(21)42-3;/h4-5,8-9,12-15,17H,6-7,10-11H2,1-3H3;1H2/t15-;/m0./s1. The third-order valence-electron chi connectivity index (χ3n) is 7.24. The number of aromatic nitrogens is 8. The Morgan fingerprint density at radius 2 is 1.72 bits per heavy atom. The maximum Gasteiger partial charge on any atom is 0.434 e. The number of rotatable bonds is 9. The summed E-state index contributed by atoms with van der Waals surface area (Å²) in [5.41, 5.74) is 2.13. The Kier molecular flexibility index (Phi) is 8.27. The lowest BCUT2D eigenvalue weighted by molar-refractivity contribution is -0.140. The van der Waals surface area contributed by atoms with Gasteiger partial charge >= 0.3 is 6.18 Å². The average Bonchev–Trinajstić information content (AvgIpc) is 3.65. The summed E-state index contributed by atoms with van der Waals surface area (Å²) in [6.45, 7) is 0.852. The van der Waals surface area contributed by atoms with E-state index in [4.69, 9.17) is 14.5 Å². The third kappa shape index (κ3) is 5.60. The molecule has 1 fully saturated rings. The molecule has 1 aliphatic carbocycles. The second-order valence-electron chi connectivity index (χ2n) is 9.93. The van der Waals surface area contributed by atoms with Crippen molar-refractivity contribution < 1.29 is 27.0 Å². The van der Waals surface area contributed by atoms with E-state index in [-0.39, 0.29) is 31.9 Å². The Balaban J connectivity index is 0.00000368. The summed E-state index contributed by atoms with van der Waals surface area (Å²) in [5, 5.41) is 5.23. The minimum absolute atomic E-state index is 0. The molecule has 1 atom stereocenters. The molecule has 0 spiro atoms. The van der Waals surface area contributed by atoms with Crippen LogP contribution in [0, 0.1) is 0 Å². The topological polar surface area (TPSA) is 106 Å². The van der Waals surface area contributed by atoms with Crippen LogP contribution in [0.25, 0.3) is 33.8 Å². The molecule has 4 heterocycles. The normalized spacial score (nSPS) is 14.0. The zero-order chi connectivity index (χ0) is 29.6. The highest BCUT2D eigenvalue weighted by Crippen LogP contribution is 2.45. The molecular weight excluding hydrogens is 588 g/mol. The number of imidazole rings is 1. The molecule has 1 saturated carbocycles. The van der Waals surface area contributed by atoms with Crippen LogP contribution >= 0.6 is 13.5 Å². The molecule has 0 radical (unpaired) electrons. The summed E-state index contributed by atoms with van der Waals surface area (Å²) in [6, 6.07) is 6.48. The van der Waals surface area contributed by atoms with Crippen LogP contribution in [0.1, 0.15) is 48.7 Å². The molecule has 0 amide bonds. The lowest BCUT2D eigenvalue weighted by Gasteiger charge is -2.15. The van der Waals surface area contributed by atoms with Crippen LogP contribution in [0.3, 0.4) is 0 Å². The second-order valence-corrected chi connectivity index (χ2v) is 9.93. The molecule has 15 heteroatoms. The van der Waals surface area contributed by atoms with Crippen molar-refractivity contribution >= 4 is 24.5 Å². The van der Waals surface area contributed by atoms with Crippen LogP contribution < -0.4 is 9.47 Å². The first kappa shape index (κ1) is 30.2. The number of fused-ring (bicyclic) bond motifs is 1. The molecule has 0 aliphatic heterocycles. The minimum atomic E-state index is -4.64. The van der Waals surface area contributed by atoms with E-state index in [0.29, 0.717) is 45.7 Å². The number of methoxy groups -OCH3 is 2. The van der Waals surface area contributed by atoms with Gasteiger partial charge in [-0.15, -0.1) is 5.10 Å². The molecule has 0 bridgehead atoms. The minimum Gasteiger partial charge on any atom is -0.480 e. The first-order chi connectivity index (χ1) is 20.2. The third-order valence-corrected chi connectivity index (χ3v) is 7.24. The predicted molar refractivity (Wildman–Crippen MR) is 154 cm³/mol. The number of halogens is 4. The summed E-state index contributed by atoms with van der Waals surface area (Å²) in [6.07, 6.45) is 1.33. The highest BCUT2D eigenvalue weighted by atomic mass is 32.1. The molecule has 6 rings (SSSR count). The molecule has 5 aromatic rings. The van der Waals surface area contributed by atoms with Gasteiger partial charge < -0.3 is 14.0 Å². The van der Waals surface area contributed by atoms with Gasteiger partial charge in [0.1, 0.15) is 29.8 Å². The predicted octanol–water partition coefficient (Wildman–Crippen LogP) is 5.75. The van der Waals surface area contributed by atoms with Crippen molar-refractivity contribution in [2.45, 2.75) is 44.4 Å². The Hall–Kier alpha value is -4.27. The average molecular weight is 617 g/mol. The van der Waals surface area contributed by atoms with E-state index >= 15 is 0 Å². The molecule has 226 valence electrons. The number of hydrogen-bond donors (Lipinski definition) is 0. The first-order valence-corrected chi connectivity index (χ1v) is 13.2. The van der Waals surface area contributed by atoms with Crippen LogP contribution in [0.5, 0.6) is 11.8 Å². The smallest absolute Gasteiger partial charge is 0.434 e. The Bertz CT molecular complexity index is 1750. The monoisotopic (exact) mass is 616 g/mol. The van der Waals surface area contributed by atoms with E-state index in [2.05, 4.69) is 25.0 Å². The van der Waals surface area contributed by atoms with E-state index in [1.165, 1.54) is 25.1 Å². The van der Waals surface area contributed by atoms with Crippen LogP contribution in [0.4, 0.5) is 17.6 Å². The Morgan fingerprint density at radius 1 is 1.00 bits per heavy atom. The highest BCUT2D eigenvalue weighted by Gasteiger charge is 2.35. The van der Waals surface area contributed by atoms with Gasteiger partial charge in [0.25, 0.3) is 0 Å². The van der Waals surface area contributed by atoms with Crippen molar-refractivity contribution in [3.63, 3.8) is 0 Å². The molecule has 10 nitrogen and oxygen atoms in total. The quantitative estimate of drug-likeness (QED) is 0.193. The lowest BCUT2D eigenvalue weighted by atomic mass is 10.1. The van der Waals surface area contributed by atoms with E-state index in [9.17, 15) is 17.6 Å². The molecule has 4 aromatic heterocycles. The molecule has 1 aromatic carbocycles. The van der Waals surface area contributed by atoms with Gasteiger partial charge in [0.15, 0.2) is 17.2 Å². The zero-order valence-corrected chi connectivity index (χ0v) is 24.4. The fourth-order valence-electron chi connectivity index (χ4n) is 4.95. The van der Waals surface area contributed by atoms with Crippen LogP contribution in [0.15, 0.2) is 43.0 Å². The van der Waals surface area contributed by atoms with Crippen molar-refractivity contribution in [1.82, 2.24) is 39.3 Å². The van der Waals surface area contributed by atoms with E-state index in [1.54, 1.807) is 35.1 Å². The summed E-state index contributed by atoms with van der Waals surface area (Å²) in [4.78, 5) is 21.9. The Morgan fingerprint density at radius 3 is 2.35 bits per heavy atom. The maximum atomic E-state index is 13.3. The van der Waals surface area contributed by atoms with E-state index in [1.807, 2.05) is 6.92 Å². The first-order valence-electron chi connectivity index (χ1n) is 13.2. The van der Waals surface area contributed by atoms with Crippen molar-refractivity contribution in [2.24, 2.45) is 0 Å². The summed E-state index contributed by atoms with van der Waals surface area (Å²) >= 11 is 0. The van der Waals surface area contributed by atoms with Gasteiger partial charge in [0, 0.05) is 23.9 Å². The van der Waals surface area contributed by atoms with Crippen molar-refractivity contribution in [1.29, 1.82) is 0 Å². The molecule has 0 saturated heterocycles. The number of hydrogen-bond acceptors (Lipinski definition) is 8. The van der Waals surface area contributed by atoms with Crippen molar-refractivity contribution in [2.75, 3.05) is 20.9 Å². The lowest BCUT2D eigenvalue weighted by Crippen LogP contribution is -2.10. The van der Waals surface area contributed by atoms with Gasteiger partial charge in [-0.3, -0.25) is 0 Å².